The van der Waals surface area contributed by atoms with Crippen LogP contribution < -0.4 is 27.0 Å². The lowest BCUT2D eigenvalue weighted by atomic mass is 9.98. The molecular weight excluding hydrogens is 510 g/mol. The average Bonchev–Trinajstić information content (AvgIpc) is 2.93. The number of amides is 3. The number of hydrogen-bond donors (Lipinski definition) is 5. The Hall–Kier alpha value is -3.99. The van der Waals surface area contributed by atoms with Crippen molar-refractivity contribution in [1.82, 2.24) is 26.2 Å². The van der Waals surface area contributed by atoms with Gasteiger partial charge in [-0.05, 0) is 43.1 Å². The molecule has 218 valence electrons. The van der Waals surface area contributed by atoms with Crippen LogP contribution in [0, 0.1) is 0 Å². The molecule has 11 nitrogen and oxygen atoms in total. The number of likely N-dealkylation sites (N-methyl/N-ethyl adjacent to an activating group) is 1. The van der Waals surface area contributed by atoms with Gasteiger partial charge in [0.05, 0.1) is 0 Å². The lowest BCUT2D eigenvalue weighted by Crippen LogP contribution is -2.55. The molecule has 2 aromatic rings. The average molecular weight is 554 g/mol. The Bertz CT molecular complexity index is 1180. The first-order valence-corrected chi connectivity index (χ1v) is 13.6. The number of nitrogens with zero attached hydrogens (tertiary/aromatic N) is 2. The number of rotatable bonds is 16. The van der Waals surface area contributed by atoms with E-state index in [-0.39, 0.29) is 37.4 Å². The van der Waals surface area contributed by atoms with Crippen molar-refractivity contribution < 1.29 is 19.2 Å². The van der Waals surface area contributed by atoms with Crippen LogP contribution in [0.4, 0.5) is 0 Å². The molecule has 0 saturated heterocycles. The molecule has 11 heteroatoms. The largest absolute Gasteiger partial charge is 0.370 e. The third-order valence-electron chi connectivity index (χ3n) is 6.35. The van der Waals surface area contributed by atoms with Gasteiger partial charge in [-0.25, -0.2) is 0 Å². The number of Topliss-reactive ketones (excluding diaryl/α,β-unsaturated/α-hetero) is 1. The highest BCUT2D eigenvalue weighted by Gasteiger charge is 2.27. The van der Waals surface area contributed by atoms with Crippen LogP contribution in [0.1, 0.15) is 38.2 Å². The van der Waals surface area contributed by atoms with Crippen LogP contribution >= 0.6 is 0 Å². The highest BCUT2D eigenvalue weighted by Crippen LogP contribution is 2.20. The molecule has 0 saturated carbocycles. The van der Waals surface area contributed by atoms with Crippen molar-refractivity contribution in [3.05, 3.63) is 48.0 Å². The SMILES string of the molecule is CNCCNC(=O)C(Cc1cccc2ccccc12)NC(=O)[C@H](CCCN=C(N)N(C)C)NC(=O)CCC(C)=O. The molecule has 2 rings (SSSR count). The summed E-state index contributed by atoms with van der Waals surface area (Å²) in [5.41, 5.74) is 6.77. The summed E-state index contributed by atoms with van der Waals surface area (Å²) >= 11 is 0. The second-order valence-corrected chi connectivity index (χ2v) is 9.90. The third-order valence-corrected chi connectivity index (χ3v) is 6.35. The second-order valence-electron chi connectivity index (χ2n) is 9.90. The molecule has 40 heavy (non-hydrogen) atoms. The lowest BCUT2D eigenvalue weighted by molar-refractivity contribution is -0.132. The van der Waals surface area contributed by atoms with E-state index in [1.54, 1.807) is 26.0 Å². The fourth-order valence-corrected chi connectivity index (χ4v) is 4.06. The molecule has 0 heterocycles. The van der Waals surface area contributed by atoms with Crippen LogP contribution in [-0.2, 0) is 25.6 Å². The molecular formula is C29H43N7O4. The normalized spacial score (nSPS) is 12.8. The van der Waals surface area contributed by atoms with Gasteiger partial charge in [0.1, 0.15) is 17.9 Å². The highest BCUT2D eigenvalue weighted by molar-refractivity contribution is 5.93. The zero-order valence-electron chi connectivity index (χ0n) is 24.0. The predicted octanol–water partition coefficient (Wildman–Crippen LogP) is 0.713. The van der Waals surface area contributed by atoms with E-state index < -0.39 is 23.9 Å². The van der Waals surface area contributed by atoms with Crippen LogP contribution in [0.3, 0.4) is 0 Å². The number of benzene rings is 2. The first kappa shape index (κ1) is 32.2. The topological polar surface area (TPSA) is 158 Å². The molecule has 0 aliphatic carbocycles. The van der Waals surface area contributed by atoms with E-state index in [0.29, 0.717) is 32.0 Å². The van der Waals surface area contributed by atoms with E-state index in [1.165, 1.54) is 6.92 Å². The van der Waals surface area contributed by atoms with Gasteiger partial charge in [0.2, 0.25) is 17.7 Å². The molecule has 0 fully saturated rings. The fourth-order valence-electron chi connectivity index (χ4n) is 4.06. The summed E-state index contributed by atoms with van der Waals surface area (Å²) in [7, 11) is 5.35. The van der Waals surface area contributed by atoms with Crippen molar-refractivity contribution >= 4 is 40.2 Å². The summed E-state index contributed by atoms with van der Waals surface area (Å²) in [6, 6.07) is 12.0. The minimum atomic E-state index is -0.907. The van der Waals surface area contributed by atoms with Crippen molar-refractivity contribution in [2.24, 2.45) is 10.7 Å². The molecule has 0 aliphatic heterocycles. The molecule has 6 N–H and O–H groups in total. The van der Waals surface area contributed by atoms with Crippen LogP contribution in [0.2, 0.25) is 0 Å². The monoisotopic (exact) mass is 553 g/mol. The summed E-state index contributed by atoms with van der Waals surface area (Å²) in [5.74, 6) is -0.954. The molecule has 3 amide bonds. The van der Waals surface area contributed by atoms with Gasteiger partial charge in [0, 0.05) is 53.0 Å². The van der Waals surface area contributed by atoms with E-state index in [2.05, 4.69) is 26.3 Å². The minimum Gasteiger partial charge on any atom is -0.370 e. The van der Waals surface area contributed by atoms with Crippen molar-refractivity contribution in [1.29, 1.82) is 0 Å². The number of guanidine groups is 1. The smallest absolute Gasteiger partial charge is 0.243 e. The fraction of sp³-hybridized carbons (Fsp3) is 0.483. The maximum atomic E-state index is 13.5. The van der Waals surface area contributed by atoms with Crippen LogP contribution in [0.25, 0.3) is 10.8 Å². The number of hydrogen-bond acceptors (Lipinski definition) is 6. The lowest BCUT2D eigenvalue weighted by Gasteiger charge is -2.24. The molecule has 0 aliphatic rings. The van der Waals surface area contributed by atoms with Crippen molar-refractivity contribution in [3.63, 3.8) is 0 Å². The van der Waals surface area contributed by atoms with Gasteiger partial charge < -0.3 is 36.7 Å². The number of aliphatic imine (C=N–C) groups is 1. The molecule has 1 unspecified atom stereocenters. The summed E-state index contributed by atoms with van der Waals surface area (Å²) < 4.78 is 0. The first-order valence-electron chi connectivity index (χ1n) is 13.6. The Morgan fingerprint density at radius 1 is 0.925 bits per heavy atom. The third kappa shape index (κ3) is 11.0. The number of carbonyl (C=O) groups is 4. The Morgan fingerprint density at radius 3 is 2.35 bits per heavy atom. The maximum absolute atomic E-state index is 13.5. The van der Waals surface area contributed by atoms with Crippen LogP contribution in [-0.4, -0.2) is 87.2 Å². The summed E-state index contributed by atoms with van der Waals surface area (Å²) in [6.45, 7) is 2.75. The Morgan fingerprint density at radius 2 is 1.65 bits per heavy atom. The van der Waals surface area contributed by atoms with Gasteiger partial charge in [-0.1, -0.05) is 42.5 Å². The van der Waals surface area contributed by atoms with E-state index in [9.17, 15) is 19.2 Å². The van der Waals surface area contributed by atoms with E-state index in [0.717, 1.165) is 16.3 Å². The zero-order chi connectivity index (χ0) is 29.5. The van der Waals surface area contributed by atoms with Crippen molar-refractivity contribution in [2.75, 3.05) is 40.8 Å². The van der Waals surface area contributed by atoms with Gasteiger partial charge in [-0.2, -0.15) is 0 Å². The van der Waals surface area contributed by atoms with Gasteiger partial charge >= 0.3 is 0 Å². The van der Waals surface area contributed by atoms with Gasteiger partial charge in [0.25, 0.3) is 0 Å². The number of carbonyl (C=O) groups excluding carboxylic acids is 4. The zero-order valence-corrected chi connectivity index (χ0v) is 24.0. The maximum Gasteiger partial charge on any atom is 0.243 e. The molecule has 0 aromatic heterocycles. The van der Waals surface area contributed by atoms with Crippen LogP contribution in [0.15, 0.2) is 47.5 Å². The predicted molar refractivity (Wildman–Crippen MR) is 158 cm³/mol. The quantitative estimate of drug-likeness (QED) is 0.116. The highest BCUT2D eigenvalue weighted by atomic mass is 16.2. The number of fused-ring (bicyclic) bond motifs is 1. The summed E-state index contributed by atoms with van der Waals surface area (Å²) in [6.07, 6.45) is 1.09. The standard InChI is InChI=1S/C29H43N7O4/c1-20(37)14-15-26(38)34-24(13-8-16-33-29(30)36(3)4)28(40)35-25(27(39)32-18-17-31-2)19-22-11-7-10-21-9-5-6-12-23(21)22/h5-7,9-12,24-25,31H,8,13-19H2,1-4H3,(H2,30,33)(H,32,39)(H,34,38)(H,35,40)/t24-,25?/m0/s1. The number of ketones is 1. The van der Waals surface area contributed by atoms with Gasteiger partial charge in [-0.3, -0.25) is 19.4 Å². The van der Waals surface area contributed by atoms with E-state index in [4.69, 9.17) is 5.73 Å². The van der Waals surface area contributed by atoms with Crippen LogP contribution in [0.5, 0.6) is 0 Å². The second kappa shape index (κ2) is 16.9. The van der Waals surface area contributed by atoms with Crippen molar-refractivity contribution in [2.45, 2.75) is 51.1 Å². The Balaban J connectivity index is 2.23. The molecule has 0 radical (unpaired) electrons. The van der Waals surface area contributed by atoms with Gasteiger partial charge in [0.15, 0.2) is 5.96 Å². The Kier molecular flexibility index (Phi) is 13.6. The van der Waals surface area contributed by atoms with E-state index >= 15 is 0 Å². The Labute approximate surface area is 236 Å². The van der Waals surface area contributed by atoms with E-state index in [1.807, 2.05) is 42.5 Å². The summed E-state index contributed by atoms with van der Waals surface area (Å²) in [4.78, 5) is 56.5. The molecule has 0 bridgehead atoms. The minimum absolute atomic E-state index is 0.0191. The van der Waals surface area contributed by atoms with Crippen molar-refractivity contribution in [3.8, 4) is 0 Å². The summed E-state index contributed by atoms with van der Waals surface area (Å²) in [5, 5.41) is 13.5. The number of nitrogens with one attached hydrogen (secondary N) is 4. The molecule has 2 aromatic carbocycles. The first-order chi connectivity index (χ1) is 19.1. The molecule has 2 atom stereocenters. The molecule has 0 spiro atoms. The van der Waals surface area contributed by atoms with Gasteiger partial charge in [-0.15, -0.1) is 0 Å². The number of nitrogens with two attached hydrogens (primary N) is 1.